The molecule has 2 aliphatic heterocycles. The summed E-state index contributed by atoms with van der Waals surface area (Å²) in [4.78, 5) is 16.5. The highest BCUT2D eigenvalue weighted by molar-refractivity contribution is 7.99. The third-order valence-electron chi connectivity index (χ3n) is 8.07. The standard InChI is InChI=1S/C30H43F4N5O2S/c1-29(2,3)41-28(40)39-17-12-22(13-18-39)26-35-36-27(37(26)4)42-19-7-15-38-14-6-5-8-21(11-16-38)24-10-9-23(20-25(24)31)30(32,33)34/h9-10,20-22H,5-8,11-19H2,1-4H3/t21-/m0/s1. The molecule has 0 radical (unpaired) electrons. The number of amides is 1. The summed E-state index contributed by atoms with van der Waals surface area (Å²) in [5.41, 5.74) is -1.05. The molecule has 0 unspecified atom stereocenters. The Bertz CT molecular complexity index is 1190. The van der Waals surface area contributed by atoms with E-state index in [1.54, 1.807) is 16.7 Å². The van der Waals surface area contributed by atoms with Crippen molar-refractivity contribution in [1.29, 1.82) is 0 Å². The van der Waals surface area contributed by atoms with Gasteiger partial charge in [0.2, 0.25) is 0 Å². The molecule has 0 spiro atoms. The topological polar surface area (TPSA) is 63.5 Å². The van der Waals surface area contributed by atoms with Crippen LogP contribution in [0.25, 0.3) is 0 Å². The Labute approximate surface area is 250 Å². The zero-order valence-electron chi connectivity index (χ0n) is 25.1. The highest BCUT2D eigenvalue weighted by Crippen LogP contribution is 2.35. The minimum absolute atomic E-state index is 0.0717. The van der Waals surface area contributed by atoms with Crippen LogP contribution in [0, 0.1) is 5.82 Å². The molecule has 2 saturated heterocycles. The van der Waals surface area contributed by atoms with E-state index in [2.05, 4.69) is 19.7 Å². The molecule has 12 heteroatoms. The average molecular weight is 614 g/mol. The lowest BCUT2D eigenvalue weighted by Gasteiger charge is -2.33. The molecule has 0 bridgehead atoms. The second-order valence-electron chi connectivity index (χ2n) is 12.4. The molecule has 3 heterocycles. The highest BCUT2D eigenvalue weighted by Gasteiger charge is 2.32. The summed E-state index contributed by atoms with van der Waals surface area (Å²) in [7, 11) is 2.00. The maximum atomic E-state index is 14.6. The van der Waals surface area contributed by atoms with Gasteiger partial charge in [-0.25, -0.2) is 9.18 Å². The van der Waals surface area contributed by atoms with Crippen molar-refractivity contribution in [2.75, 3.05) is 38.5 Å². The smallest absolute Gasteiger partial charge is 0.416 e. The van der Waals surface area contributed by atoms with Gasteiger partial charge in [-0.15, -0.1) is 10.2 Å². The van der Waals surface area contributed by atoms with Crippen LogP contribution in [0.3, 0.4) is 0 Å². The molecule has 1 aromatic carbocycles. The number of alkyl halides is 3. The monoisotopic (exact) mass is 613 g/mol. The lowest BCUT2D eigenvalue weighted by molar-refractivity contribution is -0.137. The van der Waals surface area contributed by atoms with E-state index in [9.17, 15) is 22.4 Å². The van der Waals surface area contributed by atoms with Gasteiger partial charge in [0.05, 0.1) is 5.56 Å². The third kappa shape index (κ3) is 8.84. The highest BCUT2D eigenvalue weighted by atomic mass is 32.2. The average Bonchev–Trinajstić information content (AvgIpc) is 3.26. The van der Waals surface area contributed by atoms with Crippen molar-refractivity contribution in [3.05, 3.63) is 41.0 Å². The zero-order chi connectivity index (χ0) is 30.5. The first-order chi connectivity index (χ1) is 19.8. The van der Waals surface area contributed by atoms with Crippen LogP contribution in [0.15, 0.2) is 23.4 Å². The summed E-state index contributed by atoms with van der Waals surface area (Å²) in [6, 6.07) is 2.95. The van der Waals surface area contributed by atoms with E-state index in [0.29, 0.717) is 24.7 Å². The molecule has 1 aromatic heterocycles. The van der Waals surface area contributed by atoms with Crippen LogP contribution in [-0.4, -0.2) is 74.7 Å². The number of halogens is 4. The molecule has 1 amide bonds. The van der Waals surface area contributed by atoms with Gasteiger partial charge >= 0.3 is 12.3 Å². The Balaban J connectivity index is 1.21. The van der Waals surface area contributed by atoms with Crippen LogP contribution in [0.1, 0.15) is 94.5 Å². The minimum atomic E-state index is -4.54. The number of thioether (sulfide) groups is 1. The van der Waals surface area contributed by atoms with E-state index < -0.39 is 23.2 Å². The molecule has 0 saturated carbocycles. The van der Waals surface area contributed by atoms with Crippen molar-refractivity contribution in [3.8, 4) is 0 Å². The number of benzene rings is 1. The number of carbonyl (C=O) groups excluding carboxylic acids is 1. The number of carbonyl (C=O) groups is 1. The molecule has 0 aliphatic carbocycles. The van der Waals surface area contributed by atoms with Gasteiger partial charge in [0, 0.05) is 31.8 Å². The van der Waals surface area contributed by atoms with E-state index in [1.807, 2.05) is 27.8 Å². The number of nitrogens with zero attached hydrogens (tertiary/aromatic N) is 5. The maximum absolute atomic E-state index is 14.6. The number of aromatic nitrogens is 3. The Morgan fingerprint density at radius 1 is 1.00 bits per heavy atom. The van der Waals surface area contributed by atoms with E-state index in [-0.39, 0.29) is 17.9 Å². The van der Waals surface area contributed by atoms with Crippen LogP contribution < -0.4 is 0 Å². The summed E-state index contributed by atoms with van der Waals surface area (Å²) in [6.45, 7) is 9.56. The van der Waals surface area contributed by atoms with E-state index in [4.69, 9.17) is 4.74 Å². The fourth-order valence-corrected chi connectivity index (χ4v) is 6.64. The van der Waals surface area contributed by atoms with Crippen molar-refractivity contribution < 1.29 is 27.1 Å². The van der Waals surface area contributed by atoms with Crippen molar-refractivity contribution >= 4 is 17.9 Å². The molecular formula is C30H43F4N5O2S. The van der Waals surface area contributed by atoms with Crippen molar-refractivity contribution in [2.45, 2.75) is 94.5 Å². The Morgan fingerprint density at radius 3 is 2.38 bits per heavy atom. The predicted molar refractivity (Wildman–Crippen MR) is 155 cm³/mol. The number of piperidine rings is 1. The Hall–Kier alpha value is -2.34. The molecule has 2 fully saturated rings. The first kappa shape index (κ1) is 32.6. The van der Waals surface area contributed by atoms with Crippen molar-refractivity contribution in [3.63, 3.8) is 0 Å². The Morgan fingerprint density at radius 2 is 1.71 bits per heavy atom. The molecular weight excluding hydrogens is 570 g/mol. The van der Waals surface area contributed by atoms with Gasteiger partial charge in [-0.2, -0.15) is 13.2 Å². The van der Waals surface area contributed by atoms with Gasteiger partial charge in [0.1, 0.15) is 17.2 Å². The van der Waals surface area contributed by atoms with Crippen LogP contribution in [0.5, 0.6) is 0 Å². The van der Waals surface area contributed by atoms with Crippen LogP contribution >= 0.6 is 11.8 Å². The van der Waals surface area contributed by atoms with Gasteiger partial charge in [0.25, 0.3) is 0 Å². The second kappa shape index (κ2) is 14.0. The van der Waals surface area contributed by atoms with Crippen molar-refractivity contribution in [1.82, 2.24) is 24.6 Å². The van der Waals surface area contributed by atoms with Gasteiger partial charge in [-0.05, 0) is 103 Å². The quantitative estimate of drug-likeness (QED) is 0.187. The fraction of sp³-hybridized carbons (Fsp3) is 0.700. The van der Waals surface area contributed by atoms with Gasteiger partial charge in [-0.1, -0.05) is 24.2 Å². The fourth-order valence-electron chi connectivity index (χ4n) is 5.80. The van der Waals surface area contributed by atoms with Gasteiger partial charge in [-0.3, -0.25) is 0 Å². The first-order valence-electron chi connectivity index (χ1n) is 14.9. The van der Waals surface area contributed by atoms with Gasteiger partial charge < -0.3 is 19.1 Å². The van der Waals surface area contributed by atoms with Crippen LogP contribution in [-0.2, 0) is 18.0 Å². The lowest BCUT2D eigenvalue weighted by atomic mass is 9.88. The lowest BCUT2D eigenvalue weighted by Crippen LogP contribution is -2.41. The number of rotatable bonds is 7. The van der Waals surface area contributed by atoms with Crippen LogP contribution in [0.4, 0.5) is 22.4 Å². The minimum Gasteiger partial charge on any atom is -0.444 e. The SMILES string of the molecule is Cn1c(SCCCN2CCCC[C@H](c3ccc(C(F)(F)F)cc3F)CC2)nnc1C1CCN(C(=O)OC(C)(C)C)CC1. The molecule has 2 aromatic rings. The summed E-state index contributed by atoms with van der Waals surface area (Å²) in [5, 5.41) is 9.79. The largest absolute Gasteiger partial charge is 0.444 e. The number of hydrogen-bond acceptors (Lipinski definition) is 6. The summed E-state index contributed by atoms with van der Waals surface area (Å²) < 4.78 is 61.0. The van der Waals surface area contributed by atoms with Crippen molar-refractivity contribution in [2.24, 2.45) is 7.05 Å². The molecule has 4 rings (SSSR count). The van der Waals surface area contributed by atoms with E-state index >= 15 is 0 Å². The molecule has 234 valence electrons. The van der Waals surface area contributed by atoms with E-state index in [1.165, 1.54) is 6.07 Å². The zero-order valence-corrected chi connectivity index (χ0v) is 25.9. The molecule has 1 atom stereocenters. The first-order valence-corrected chi connectivity index (χ1v) is 15.9. The number of likely N-dealkylation sites (tertiary alicyclic amines) is 2. The molecule has 2 aliphatic rings. The summed E-state index contributed by atoms with van der Waals surface area (Å²) in [5.74, 6) is 1.26. The molecule has 42 heavy (non-hydrogen) atoms. The number of ether oxygens (including phenoxy) is 1. The second-order valence-corrected chi connectivity index (χ2v) is 13.5. The normalized spacial score (nSPS) is 19.9. The maximum Gasteiger partial charge on any atom is 0.416 e. The third-order valence-corrected chi connectivity index (χ3v) is 9.18. The predicted octanol–water partition coefficient (Wildman–Crippen LogP) is 7.23. The van der Waals surface area contributed by atoms with Crippen LogP contribution in [0.2, 0.25) is 0 Å². The Kier molecular flexibility index (Phi) is 10.8. The van der Waals surface area contributed by atoms with E-state index in [0.717, 1.165) is 87.4 Å². The van der Waals surface area contributed by atoms with Gasteiger partial charge in [0.15, 0.2) is 5.16 Å². The molecule has 0 N–H and O–H groups in total. The molecule has 7 nitrogen and oxygen atoms in total. The summed E-state index contributed by atoms with van der Waals surface area (Å²) >= 11 is 1.68. The summed E-state index contributed by atoms with van der Waals surface area (Å²) in [6.07, 6.45) is 1.24. The number of hydrogen-bond donors (Lipinski definition) is 0.